The second kappa shape index (κ2) is 12.7. The number of hydrogen-bond donors (Lipinski definition) is 1. The minimum Gasteiger partial charge on any atom is -0.493 e. The summed E-state index contributed by atoms with van der Waals surface area (Å²) in [5, 5.41) is 0.753. The van der Waals surface area contributed by atoms with E-state index in [0.717, 1.165) is 62.4 Å². The molecule has 0 aliphatic carbocycles. The number of amides is 1. The van der Waals surface area contributed by atoms with Gasteiger partial charge in [0.25, 0.3) is 0 Å². The molecule has 1 aliphatic heterocycles. The molecule has 0 radical (unpaired) electrons. The number of rotatable bonds is 10. The van der Waals surface area contributed by atoms with E-state index in [0.29, 0.717) is 40.4 Å². The molecule has 1 aromatic heterocycles. The maximum absolute atomic E-state index is 13.0. The van der Waals surface area contributed by atoms with Crippen molar-refractivity contribution in [1.82, 2.24) is 14.9 Å². The van der Waals surface area contributed by atoms with Crippen LogP contribution in [-0.2, 0) is 15.7 Å². The van der Waals surface area contributed by atoms with E-state index in [9.17, 15) is 18.0 Å². The number of nitrogens with two attached hydrogens (primary N) is 1. The van der Waals surface area contributed by atoms with Crippen molar-refractivity contribution in [2.45, 2.75) is 18.5 Å². The van der Waals surface area contributed by atoms with Gasteiger partial charge < -0.3 is 19.9 Å². The molecule has 1 aliphatic rings. The number of nitrogens with zero attached hydrogens (tertiary/aromatic N) is 3. The van der Waals surface area contributed by atoms with Crippen LogP contribution in [-0.4, -0.2) is 67.3 Å². The minimum atomic E-state index is -4.47. The molecule has 3 aromatic carbocycles. The third-order valence-electron chi connectivity index (χ3n) is 7.27. The molecule has 2 heterocycles. The second-order valence-electron chi connectivity index (χ2n) is 9.98. The van der Waals surface area contributed by atoms with Gasteiger partial charge in [0.15, 0.2) is 11.5 Å². The highest BCUT2D eigenvalue weighted by atomic mass is 19.4. The fourth-order valence-electron chi connectivity index (χ4n) is 5.08. The normalized spacial score (nSPS) is 15.0. The van der Waals surface area contributed by atoms with Gasteiger partial charge in [-0.1, -0.05) is 36.4 Å². The van der Waals surface area contributed by atoms with Crippen LogP contribution in [0.15, 0.2) is 67.0 Å². The molecule has 8 nitrogen and oxygen atoms in total. The molecular formula is C31H31F3N4O4. The van der Waals surface area contributed by atoms with Gasteiger partial charge in [0.2, 0.25) is 5.91 Å². The minimum absolute atomic E-state index is 0.373. The van der Waals surface area contributed by atoms with E-state index >= 15 is 0 Å². The number of benzene rings is 3. The smallest absolute Gasteiger partial charge is 0.416 e. The highest BCUT2D eigenvalue weighted by Gasteiger charge is 2.31. The summed E-state index contributed by atoms with van der Waals surface area (Å²) in [7, 11) is 1.58. The van der Waals surface area contributed by atoms with Crippen LogP contribution in [0.2, 0.25) is 0 Å². The average molecular weight is 581 g/mol. The topological polar surface area (TPSA) is 99.8 Å². The van der Waals surface area contributed by atoms with Crippen LogP contribution in [0.1, 0.15) is 29.0 Å². The van der Waals surface area contributed by atoms with Gasteiger partial charge in [-0.25, -0.2) is 9.97 Å². The van der Waals surface area contributed by atoms with E-state index in [4.69, 9.17) is 19.9 Å². The lowest BCUT2D eigenvalue weighted by molar-refractivity contribution is -0.137. The second-order valence-corrected chi connectivity index (χ2v) is 9.98. The van der Waals surface area contributed by atoms with Crippen molar-refractivity contribution in [3.8, 4) is 22.8 Å². The summed E-state index contributed by atoms with van der Waals surface area (Å²) in [6, 6.07) is 15.2. The van der Waals surface area contributed by atoms with Gasteiger partial charge >= 0.3 is 6.18 Å². The van der Waals surface area contributed by atoms with Crippen molar-refractivity contribution in [2.75, 3.05) is 46.6 Å². The predicted octanol–water partition coefficient (Wildman–Crippen LogP) is 5.04. The van der Waals surface area contributed by atoms with E-state index in [1.165, 1.54) is 18.5 Å². The Kier molecular flexibility index (Phi) is 8.89. The third-order valence-corrected chi connectivity index (χ3v) is 7.27. The molecule has 1 atom stereocenters. The molecule has 5 rings (SSSR count). The number of halogens is 3. The highest BCUT2D eigenvalue weighted by Crippen LogP contribution is 2.36. The number of fused-ring (bicyclic) bond motifs is 1. The molecule has 1 saturated heterocycles. The summed E-state index contributed by atoms with van der Waals surface area (Å²) in [6.07, 6.45) is -2.16. The van der Waals surface area contributed by atoms with Gasteiger partial charge in [0.05, 0.1) is 49.6 Å². The van der Waals surface area contributed by atoms with Gasteiger partial charge in [0, 0.05) is 36.7 Å². The molecule has 1 amide bonds. The zero-order valence-electron chi connectivity index (χ0n) is 23.1. The highest BCUT2D eigenvalue weighted by molar-refractivity contribution is 5.94. The zero-order chi connectivity index (χ0) is 29.7. The first-order valence-corrected chi connectivity index (χ1v) is 13.6. The molecule has 0 saturated carbocycles. The van der Waals surface area contributed by atoms with Crippen LogP contribution in [0.4, 0.5) is 13.2 Å². The fraction of sp³-hybridized carbons (Fsp3) is 0.323. The van der Waals surface area contributed by atoms with Gasteiger partial charge in [-0.2, -0.15) is 13.2 Å². The zero-order valence-corrected chi connectivity index (χ0v) is 23.1. The monoisotopic (exact) mass is 580 g/mol. The molecule has 42 heavy (non-hydrogen) atoms. The predicted molar refractivity (Wildman–Crippen MR) is 151 cm³/mol. The lowest BCUT2D eigenvalue weighted by Crippen LogP contribution is -2.37. The van der Waals surface area contributed by atoms with Crippen molar-refractivity contribution in [1.29, 1.82) is 0 Å². The number of morpholine rings is 1. The summed E-state index contributed by atoms with van der Waals surface area (Å²) in [4.78, 5) is 23.6. The van der Waals surface area contributed by atoms with Crippen LogP contribution in [0, 0.1) is 0 Å². The largest absolute Gasteiger partial charge is 0.493 e. The molecule has 11 heteroatoms. The van der Waals surface area contributed by atoms with Gasteiger partial charge in [0.1, 0.15) is 6.33 Å². The van der Waals surface area contributed by atoms with Gasteiger partial charge in [-0.15, -0.1) is 0 Å². The number of hydrogen-bond acceptors (Lipinski definition) is 7. The number of methoxy groups -OCH3 is 1. The van der Waals surface area contributed by atoms with E-state index in [-0.39, 0.29) is 0 Å². The van der Waals surface area contributed by atoms with Crippen molar-refractivity contribution in [3.63, 3.8) is 0 Å². The first kappa shape index (κ1) is 29.3. The van der Waals surface area contributed by atoms with Crippen LogP contribution < -0.4 is 15.2 Å². The number of ether oxygens (including phenoxy) is 3. The Labute approximate surface area is 241 Å². The lowest BCUT2D eigenvalue weighted by atomic mass is 9.89. The van der Waals surface area contributed by atoms with E-state index in [1.54, 1.807) is 37.4 Å². The number of alkyl halides is 3. The van der Waals surface area contributed by atoms with Gasteiger partial charge in [-0.05, 0) is 35.7 Å². The Hall–Kier alpha value is -4.22. The molecule has 2 N–H and O–H groups in total. The van der Waals surface area contributed by atoms with Crippen LogP contribution in [0.5, 0.6) is 11.5 Å². The molecule has 4 aromatic rings. The Morgan fingerprint density at radius 2 is 1.67 bits per heavy atom. The van der Waals surface area contributed by atoms with Crippen LogP contribution in [0.25, 0.3) is 22.2 Å². The van der Waals surface area contributed by atoms with E-state index in [1.807, 2.05) is 6.07 Å². The first-order chi connectivity index (χ1) is 20.2. The van der Waals surface area contributed by atoms with Crippen LogP contribution >= 0.6 is 0 Å². The maximum Gasteiger partial charge on any atom is 0.416 e. The molecular weight excluding hydrogens is 549 g/mol. The fourth-order valence-corrected chi connectivity index (χ4v) is 5.08. The standard InChI is InChI=1S/C31H31F3N4O4/c1-40-26-18-25-24(17-27(26)42-14-2-11-38-12-15-41-16-13-38)29(37-19-36-25)22-5-3-20(4-6-22)28(30(35)39)21-7-9-23(10-8-21)31(32,33)34/h3-10,17-19,28H,2,11-16H2,1H3,(H2,35,39). The van der Waals surface area contributed by atoms with Gasteiger partial charge in [-0.3, -0.25) is 9.69 Å². The Morgan fingerprint density at radius 1 is 1.00 bits per heavy atom. The van der Waals surface area contributed by atoms with E-state index in [2.05, 4.69) is 14.9 Å². The Balaban J connectivity index is 1.38. The van der Waals surface area contributed by atoms with Crippen molar-refractivity contribution < 1.29 is 32.2 Å². The number of carbonyl (C=O) groups excluding carboxylic acids is 1. The number of primary amides is 1. The summed E-state index contributed by atoms with van der Waals surface area (Å²) < 4.78 is 56.1. The van der Waals surface area contributed by atoms with Crippen LogP contribution in [0.3, 0.4) is 0 Å². The summed E-state index contributed by atoms with van der Waals surface area (Å²) in [5.74, 6) is -0.437. The SMILES string of the molecule is COc1cc2ncnc(-c3ccc(C(C(N)=O)c4ccc(C(F)(F)F)cc4)cc3)c2cc1OCCCN1CCOCC1. The van der Waals surface area contributed by atoms with Crippen molar-refractivity contribution in [2.24, 2.45) is 5.73 Å². The maximum atomic E-state index is 13.0. The Bertz CT molecular complexity index is 1520. The number of aromatic nitrogens is 2. The lowest BCUT2D eigenvalue weighted by Gasteiger charge is -2.26. The number of carbonyl (C=O) groups is 1. The van der Waals surface area contributed by atoms with E-state index < -0.39 is 23.6 Å². The van der Waals surface area contributed by atoms with Crippen molar-refractivity contribution in [3.05, 3.63) is 83.7 Å². The summed E-state index contributed by atoms with van der Waals surface area (Å²) >= 11 is 0. The molecule has 220 valence electrons. The first-order valence-electron chi connectivity index (χ1n) is 13.6. The average Bonchev–Trinajstić information content (AvgIpc) is 2.99. The summed E-state index contributed by atoms with van der Waals surface area (Å²) in [5.41, 5.74) is 7.87. The summed E-state index contributed by atoms with van der Waals surface area (Å²) in [6.45, 7) is 4.77. The molecule has 1 unspecified atom stereocenters. The Morgan fingerprint density at radius 3 is 2.29 bits per heavy atom. The molecule has 0 spiro atoms. The van der Waals surface area contributed by atoms with Crippen molar-refractivity contribution >= 4 is 16.8 Å². The quantitative estimate of drug-likeness (QED) is 0.262. The molecule has 1 fully saturated rings. The molecule has 0 bridgehead atoms. The third kappa shape index (κ3) is 6.63.